The van der Waals surface area contributed by atoms with Gasteiger partial charge in [0, 0.05) is 6.08 Å². The van der Waals surface area contributed by atoms with Crippen LogP contribution in [0.3, 0.4) is 0 Å². The van der Waals surface area contributed by atoms with E-state index in [1.807, 2.05) is 24.3 Å². The summed E-state index contributed by atoms with van der Waals surface area (Å²) in [4.78, 5) is 10.4. The largest absolute Gasteiger partial charge is 0.478 e. The monoisotopic (exact) mass is 290 g/mol. The number of carbonyl (C=O) groups is 1. The number of hydrogen-bond acceptors (Lipinski definition) is 2. The van der Waals surface area contributed by atoms with Crippen molar-refractivity contribution in [3.05, 3.63) is 41.5 Å². The summed E-state index contributed by atoms with van der Waals surface area (Å²) >= 11 is 0. The molecular formula is C18H26O3. The van der Waals surface area contributed by atoms with E-state index in [-0.39, 0.29) is 6.10 Å². The van der Waals surface area contributed by atoms with Gasteiger partial charge in [0.2, 0.25) is 0 Å². The molecule has 0 saturated carbocycles. The molecule has 116 valence electrons. The van der Waals surface area contributed by atoms with Crippen molar-refractivity contribution in [3.8, 4) is 0 Å². The molecule has 0 aliphatic carbocycles. The van der Waals surface area contributed by atoms with E-state index < -0.39 is 5.97 Å². The lowest BCUT2D eigenvalue weighted by molar-refractivity contribution is -0.131. The highest BCUT2D eigenvalue weighted by molar-refractivity contribution is 5.85. The van der Waals surface area contributed by atoms with Gasteiger partial charge in [-0.3, -0.25) is 0 Å². The third kappa shape index (κ3) is 8.30. The summed E-state index contributed by atoms with van der Waals surface area (Å²) in [5, 5.41) is 8.57. The molecular weight excluding hydrogens is 264 g/mol. The molecule has 1 unspecified atom stereocenters. The molecule has 0 aliphatic rings. The van der Waals surface area contributed by atoms with Crippen LogP contribution in [-0.2, 0) is 16.1 Å². The van der Waals surface area contributed by atoms with Crippen molar-refractivity contribution < 1.29 is 14.6 Å². The van der Waals surface area contributed by atoms with Gasteiger partial charge in [0.25, 0.3) is 0 Å². The van der Waals surface area contributed by atoms with Gasteiger partial charge < -0.3 is 9.84 Å². The number of aliphatic carboxylic acids is 1. The summed E-state index contributed by atoms with van der Waals surface area (Å²) in [6.07, 6.45) is 9.21. The summed E-state index contributed by atoms with van der Waals surface area (Å²) in [6.45, 7) is 4.95. The van der Waals surface area contributed by atoms with Gasteiger partial charge in [0.1, 0.15) is 0 Å². The molecule has 0 saturated heterocycles. The smallest absolute Gasteiger partial charge is 0.328 e. The first-order chi connectivity index (χ1) is 10.1. The predicted molar refractivity (Wildman–Crippen MR) is 86.1 cm³/mol. The van der Waals surface area contributed by atoms with Crippen LogP contribution in [0, 0.1) is 0 Å². The van der Waals surface area contributed by atoms with Crippen LogP contribution in [0.25, 0.3) is 6.08 Å². The molecule has 0 bridgehead atoms. The number of unbranched alkanes of at least 4 members (excludes halogenated alkanes) is 3. The molecule has 1 N–H and O–H groups in total. The Balaban J connectivity index is 2.30. The number of hydrogen-bond donors (Lipinski definition) is 1. The first kappa shape index (κ1) is 17.4. The molecule has 0 spiro atoms. The Morgan fingerprint density at radius 3 is 2.57 bits per heavy atom. The van der Waals surface area contributed by atoms with Crippen LogP contribution in [0.2, 0.25) is 0 Å². The third-order valence-corrected chi connectivity index (χ3v) is 3.40. The Morgan fingerprint density at radius 1 is 1.24 bits per heavy atom. The minimum absolute atomic E-state index is 0.286. The van der Waals surface area contributed by atoms with Crippen molar-refractivity contribution >= 4 is 12.0 Å². The van der Waals surface area contributed by atoms with E-state index in [4.69, 9.17) is 9.84 Å². The number of ether oxygens (including phenoxy) is 1. The Bertz CT molecular complexity index is 434. The lowest BCUT2D eigenvalue weighted by Crippen LogP contribution is -2.07. The Hall–Kier alpha value is -1.61. The third-order valence-electron chi connectivity index (χ3n) is 3.40. The lowest BCUT2D eigenvalue weighted by Gasteiger charge is -2.13. The number of carboxylic acid groups (broad SMARTS) is 1. The van der Waals surface area contributed by atoms with E-state index in [9.17, 15) is 4.79 Å². The molecule has 21 heavy (non-hydrogen) atoms. The van der Waals surface area contributed by atoms with Gasteiger partial charge in [-0.1, -0.05) is 56.9 Å². The molecule has 0 aromatic heterocycles. The fraction of sp³-hybridized carbons (Fsp3) is 0.500. The van der Waals surface area contributed by atoms with E-state index >= 15 is 0 Å². The second-order valence-corrected chi connectivity index (χ2v) is 5.38. The van der Waals surface area contributed by atoms with E-state index in [2.05, 4.69) is 13.8 Å². The molecule has 1 aromatic rings. The van der Waals surface area contributed by atoms with Gasteiger partial charge in [-0.15, -0.1) is 0 Å². The van der Waals surface area contributed by atoms with Crippen molar-refractivity contribution in [3.63, 3.8) is 0 Å². The highest BCUT2D eigenvalue weighted by atomic mass is 16.5. The average molecular weight is 290 g/mol. The minimum Gasteiger partial charge on any atom is -0.478 e. The molecule has 0 fully saturated rings. The highest BCUT2D eigenvalue weighted by Gasteiger charge is 2.02. The zero-order valence-electron chi connectivity index (χ0n) is 13.0. The summed E-state index contributed by atoms with van der Waals surface area (Å²) in [7, 11) is 0. The zero-order chi connectivity index (χ0) is 15.5. The molecule has 0 radical (unpaired) electrons. The molecule has 0 aliphatic heterocycles. The standard InChI is InChI=1S/C18H26O3/c1-3-4-5-6-7-15(2)21-14-17-10-8-16(9-11-17)12-13-18(19)20/h8-13,15H,3-7,14H2,1-2H3,(H,19,20). The summed E-state index contributed by atoms with van der Waals surface area (Å²) in [5.74, 6) is -0.931. The molecule has 0 heterocycles. The van der Waals surface area contributed by atoms with Crippen LogP contribution in [0.1, 0.15) is 57.1 Å². The molecule has 0 amide bonds. The summed E-state index contributed by atoms with van der Waals surface area (Å²) in [6, 6.07) is 7.77. The maximum absolute atomic E-state index is 10.4. The maximum Gasteiger partial charge on any atom is 0.328 e. The quantitative estimate of drug-likeness (QED) is 0.503. The van der Waals surface area contributed by atoms with E-state index in [1.54, 1.807) is 6.08 Å². The lowest BCUT2D eigenvalue weighted by atomic mass is 10.1. The Kier molecular flexibility index (Phi) is 8.44. The molecule has 3 heteroatoms. The van der Waals surface area contributed by atoms with Crippen molar-refractivity contribution in [1.82, 2.24) is 0 Å². The Morgan fingerprint density at radius 2 is 1.95 bits per heavy atom. The molecule has 1 atom stereocenters. The first-order valence-electron chi connectivity index (χ1n) is 7.73. The van der Waals surface area contributed by atoms with Crippen molar-refractivity contribution in [2.75, 3.05) is 0 Å². The van der Waals surface area contributed by atoms with E-state index in [0.717, 1.165) is 23.6 Å². The fourth-order valence-electron chi connectivity index (χ4n) is 2.07. The van der Waals surface area contributed by atoms with Crippen LogP contribution >= 0.6 is 0 Å². The molecule has 3 nitrogen and oxygen atoms in total. The van der Waals surface area contributed by atoms with Crippen LogP contribution in [-0.4, -0.2) is 17.2 Å². The zero-order valence-corrected chi connectivity index (χ0v) is 13.0. The van der Waals surface area contributed by atoms with Gasteiger partial charge in [-0.05, 0) is 30.5 Å². The van der Waals surface area contributed by atoms with Crippen LogP contribution < -0.4 is 0 Å². The second-order valence-electron chi connectivity index (χ2n) is 5.38. The minimum atomic E-state index is -0.931. The van der Waals surface area contributed by atoms with Gasteiger partial charge in [-0.2, -0.15) is 0 Å². The fourth-order valence-corrected chi connectivity index (χ4v) is 2.07. The summed E-state index contributed by atoms with van der Waals surface area (Å²) < 4.78 is 5.83. The van der Waals surface area contributed by atoms with Crippen molar-refractivity contribution in [2.45, 2.75) is 58.7 Å². The Labute approximate surface area is 127 Å². The van der Waals surface area contributed by atoms with Gasteiger partial charge in [-0.25, -0.2) is 4.79 Å². The number of carboxylic acids is 1. The van der Waals surface area contributed by atoms with E-state index in [0.29, 0.717) is 6.61 Å². The second kappa shape index (κ2) is 10.2. The predicted octanol–water partition coefficient (Wildman–Crippen LogP) is 4.66. The normalized spacial score (nSPS) is 12.7. The number of benzene rings is 1. The summed E-state index contributed by atoms with van der Waals surface area (Å²) in [5.41, 5.74) is 2.00. The van der Waals surface area contributed by atoms with Gasteiger partial charge in [0.15, 0.2) is 0 Å². The van der Waals surface area contributed by atoms with Crippen molar-refractivity contribution in [2.24, 2.45) is 0 Å². The molecule has 1 rings (SSSR count). The highest BCUT2D eigenvalue weighted by Crippen LogP contribution is 2.12. The van der Waals surface area contributed by atoms with Gasteiger partial charge in [0.05, 0.1) is 12.7 Å². The molecule has 1 aromatic carbocycles. The SMILES string of the molecule is CCCCCCC(C)OCc1ccc(C=CC(=O)O)cc1. The number of rotatable bonds is 10. The average Bonchev–Trinajstić information content (AvgIpc) is 2.48. The van der Waals surface area contributed by atoms with E-state index in [1.165, 1.54) is 25.7 Å². The topological polar surface area (TPSA) is 46.5 Å². The van der Waals surface area contributed by atoms with Crippen LogP contribution in [0.15, 0.2) is 30.3 Å². The van der Waals surface area contributed by atoms with Gasteiger partial charge >= 0.3 is 5.97 Å². The maximum atomic E-state index is 10.4. The van der Waals surface area contributed by atoms with Crippen LogP contribution in [0.4, 0.5) is 0 Å². The van der Waals surface area contributed by atoms with Crippen LogP contribution in [0.5, 0.6) is 0 Å². The first-order valence-corrected chi connectivity index (χ1v) is 7.73. The van der Waals surface area contributed by atoms with Crippen molar-refractivity contribution in [1.29, 1.82) is 0 Å².